The minimum Gasteiger partial charge on any atom is -0.397 e. The molecule has 4 N–H and O–H groups in total. The van der Waals surface area contributed by atoms with Gasteiger partial charge in [-0.1, -0.05) is 0 Å². The summed E-state index contributed by atoms with van der Waals surface area (Å²) < 4.78 is 36.9. The Morgan fingerprint density at radius 1 is 1.44 bits per heavy atom. The van der Waals surface area contributed by atoms with E-state index in [2.05, 4.69) is 5.32 Å². The van der Waals surface area contributed by atoms with Crippen LogP contribution in [0.4, 0.5) is 24.5 Å². The van der Waals surface area contributed by atoms with Crippen molar-refractivity contribution >= 4 is 11.4 Å². The first-order valence-electron chi connectivity index (χ1n) is 4.68. The minimum atomic E-state index is -4.39. The van der Waals surface area contributed by atoms with Gasteiger partial charge in [-0.05, 0) is 25.1 Å². The van der Waals surface area contributed by atoms with Gasteiger partial charge in [0.05, 0.1) is 23.5 Å². The van der Waals surface area contributed by atoms with Crippen LogP contribution in [0.15, 0.2) is 18.2 Å². The number of halogens is 3. The number of anilines is 2. The highest BCUT2D eigenvalue weighted by molar-refractivity contribution is 5.67. The van der Waals surface area contributed by atoms with Gasteiger partial charge in [0.25, 0.3) is 0 Å². The van der Waals surface area contributed by atoms with Crippen LogP contribution in [-0.4, -0.2) is 17.8 Å². The Balaban J connectivity index is 2.92. The maximum Gasteiger partial charge on any atom is 0.416 e. The topological polar surface area (TPSA) is 58.3 Å². The van der Waals surface area contributed by atoms with Crippen molar-refractivity contribution < 1.29 is 18.3 Å². The van der Waals surface area contributed by atoms with Crippen molar-refractivity contribution in [2.24, 2.45) is 0 Å². The molecule has 1 aromatic rings. The molecule has 1 rings (SSSR count). The molecule has 0 saturated heterocycles. The van der Waals surface area contributed by atoms with Crippen LogP contribution in [0, 0.1) is 0 Å². The van der Waals surface area contributed by atoms with Crippen LogP contribution >= 0.6 is 0 Å². The second-order valence-corrected chi connectivity index (χ2v) is 3.53. The monoisotopic (exact) mass is 234 g/mol. The van der Waals surface area contributed by atoms with Crippen LogP contribution in [0.3, 0.4) is 0 Å². The molecule has 0 radical (unpaired) electrons. The largest absolute Gasteiger partial charge is 0.416 e. The van der Waals surface area contributed by atoms with E-state index >= 15 is 0 Å². The van der Waals surface area contributed by atoms with E-state index in [4.69, 9.17) is 10.8 Å². The van der Waals surface area contributed by atoms with Gasteiger partial charge in [0.1, 0.15) is 0 Å². The lowest BCUT2D eigenvalue weighted by molar-refractivity contribution is -0.137. The van der Waals surface area contributed by atoms with Crippen molar-refractivity contribution in [2.45, 2.75) is 19.1 Å². The summed E-state index contributed by atoms with van der Waals surface area (Å²) in [7, 11) is 0. The van der Waals surface area contributed by atoms with Gasteiger partial charge >= 0.3 is 6.18 Å². The second-order valence-electron chi connectivity index (χ2n) is 3.53. The van der Waals surface area contributed by atoms with Gasteiger partial charge in [-0.2, -0.15) is 13.2 Å². The Kier molecular flexibility index (Phi) is 3.64. The van der Waals surface area contributed by atoms with E-state index in [-0.39, 0.29) is 18.3 Å². The van der Waals surface area contributed by atoms with Crippen molar-refractivity contribution in [3.8, 4) is 0 Å². The molecule has 3 nitrogen and oxygen atoms in total. The number of aliphatic hydroxyl groups excluding tert-OH is 1. The third-order valence-corrected chi connectivity index (χ3v) is 2.05. The molecule has 0 aromatic heterocycles. The Morgan fingerprint density at radius 2 is 2.06 bits per heavy atom. The Morgan fingerprint density at radius 3 is 2.50 bits per heavy atom. The van der Waals surface area contributed by atoms with Gasteiger partial charge in [0.15, 0.2) is 0 Å². The first kappa shape index (κ1) is 12.6. The first-order valence-corrected chi connectivity index (χ1v) is 4.68. The summed E-state index contributed by atoms with van der Waals surface area (Å²) in [5.41, 5.74) is 5.09. The molecule has 0 aliphatic carbocycles. The molecule has 6 heteroatoms. The molecular formula is C10H13F3N2O. The normalized spacial score (nSPS) is 13.6. The van der Waals surface area contributed by atoms with E-state index in [9.17, 15) is 13.2 Å². The summed E-state index contributed by atoms with van der Waals surface area (Å²) in [4.78, 5) is 0. The van der Waals surface area contributed by atoms with Gasteiger partial charge in [-0.3, -0.25) is 0 Å². The standard InChI is InChI=1S/C10H13F3N2O/c1-6(5-16)15-9-3-2-7(4-8(9)14)10(11,12)13/h2-4,6,15-16H,5,14H2,1H3. The minimum absolute atomic E-state index is 0.00938. The van der Waals surface area contributed by atoms with Crippen LogP contribution in [0.1, 0.15) is 12.5 Å². The maximum absolute atomic E-state index is 12.3. The van der Waals surface area contributed by atoms with Gasteiger partial charge < -0.3 is 16.2 Å². The Labute approximate surface area is 91.1 Å². The molecule has 0 aliphatic rings. The molecule has 1 aromatic carbocycles. The molecule has 0 fully saturated rings. The average Bonchev–Trinajstić information content (AvgIpc) is 2.19. The predicted molar refractivity (Wildman–Crippen MR) is 56.0 cm³/mol. The van der Waals surface area contributed by atoms with Crippen LogP contribution in [0.2, 0.25) is 0 Å². The number of nitrogens with two attached hydrogens (primary N) is 1. The lowest BCUT2D eigenvalue weighted by Crippen LogP contribution is -2.20. The molecule has 1 atom stereocenters. The third kappa shape index (κ3) is 3.03. The Hall–Kier alpha value is -1.43. The zero-order valence-electron chi connectivity index (χ0n) is 8.67. The van der Waals surface area contributed by atoms with E-state index in [0.717, 1.165) is 12.1 Å². The average molecular weight is 234 g/mol. The quantitative estimate of drug-likeness (QED) is 0.702. The van der Waals surface area contributed by atoms with Gasteiger partial charge in [-0.15, -0.1) is 0 Å². The van der Waals surface area contributed by atoms with Crippen molar-refractivity contribution in [3.05, 3.63) is 23.8 Å². The number of nitrogen functional groups attached to an aromatic ring is 1. The summed E-state index contributed by atoms with van der Waals surface area (Å²) in [5.74, 6) is 0. The molecule has 16 heavy (non-hydrogen) atoms. The summed E-state index contributed by atoms with van der Waals surface area (Å²) in [6.45, 7) is 1.57. The molecule has 90 valence electrons. The van der Waals surface area contributed by atoms with Gasteiger partial charge in [0.2, 0.25) is 0 Å². The lowest BCUT2D eigenvalue weighted by atomic mass is 10.1. The molecule has 0 bridgehead atoms. The molecule has 0 aliphatic heterocycles. The van der Waals surface area contributed by atoms with Crippen LogP contribution in [-0.2, 0) is 6.18 Å². The van der Waals surface area contributed by atoms with E-state index in [0.29, 0.717) is 5.69 Å². The highest BCUT2D eigenvalue weighted by Crippen LogP contribution is 2.32. The lowest BCUT2D eigenvalue weighted by Gasteiger charge is -2.15. The predicted octanol–water partition coefficient (Wildman–Crippen LogP) is 2.08. The van der Waals surface area contributed by atoms with Gasteiger partial charge in [-0.25, -0.2) is 0 Å². The first-order chi connectivity index (χ1) is 7.34. The SMILES string of the molecule is CC(CO)Nc1ccc(C(F)(F)F)cc1N. The number of alkyl halides is 3. The highest BCUT2D eigenvalue weighted by atomic mass is 19.4. The Bertz CT molecular complexity index is 366. The van der Waals surface area contributed by atoms with Crippen LogP contribution < -0.4 is 11.1 Å². The zero-order valence-corrected chi connectivity index (χ0v) is 8.67. The number of hydrogen-bond donors (Lipinski definition) is 3. The van der Waals surface area contributed by atoms with Gasteiger partial charge in [0, 0.05) is 6.04 Å². The number of rotatable bonds is 3. The molecule has 0 amide bonds. The van der Waals surface area contributed by atoms with Crippen molar-refractivity contribution in [2.75, 3.05) is 17.7 Å². The molecule has 1 unspecified atom stereocenters. The van der Waals surface area contributed by atoms with Crippen molar-refractivity contribution in [3.63, 3.8) is 0 Å². The highest BCUT2D eigenvalue weighted by Gasteiger charge is 2.30. The third-order valence-electron chi connectivity index (χ3n) is 2.05. The maximum atomic E-state index is 12.3. The molecule has 0 spiro atoms. The number of hydrogen-bond acceptors (Lipinski definition) is 3. The zero-order chi connectivity index (χ0) is 12.3. The summed E-state index contributed by atoms with van der Waals surface area (Å²) in [6.07, 6.45) is -4.39. The van der Waals surface area contributed by atoms with Crippen molar-refractivity contribution in [1.82, 2.24) is 0 Å². The van der Waals surface area contributed by atoms with E-state index < -0.39 is 11.7 Å². The number of benzene rings is 1. The number of nitrogens with one attached hydrogen (secondary N) is 1. The summed E-state index contributed by atoms with van der Waals surface area (Å²) in [5, 5.41) is 11.6. The smallest absolute Gasteiger partial charge is 0.397 e. The van der Waals surface area contributed by atoms with E-state index in [1.807, 2.05) is 0 Å². The fourth-order valence-corrected chi connectivity index (χ4v) is 1.18. The fourth-order valence-electron chi connectivity index (χ4n) is 1.18. The fraction of sp³-hybridized carbons (Fsp3) is 0.400. The number of aliphatic hydroxyl groups is 1. The van der Waals surface area contributed by atoms with E-state index in [1.54, 1.807) is 6.92 Å². The van der Waals surface area contributed by atoms with Crippen molar-refractivity contribution in [1.29, 1.82) is 0 Å². The van der Waals surface area contributed by atoms with Crippen LogP contribution in [0.5, 0.6) is 0 Å². The van der Waals surface area contributed by atoms with E-state index in [1.165, 1.54) is 6.07 Å². The molecule has 0 saturated carbocycles. The summed E-state index contributed by atoms with van der Waals surface area (Å²) in [6, 6.07) is 2.80. The summed E-state index contributed by atoms with van der Waals surface area (Å²) >= 11 is 0. The second kappa shape index (κ2) is 4.61. The molecular weight excluding hydrogens is 221 g/mol. The molecule has 0 heterocycles. The van der Waals surface area contributed by atoms with Crippen LogP contribution in [0.25, 0.3) is 0 Å².